The molecule has 0 atom stereocenters. The van der Waals surface area contributed by atoms with Gasteiger partial charge in [-0.05, 0) is 12.1 Å². The predicted molar refractivity (Wildman–Crippen MR) is 54.8 cm³/mol. The number of nitrogens with zero attached hydrogens (tertiary/aromatic N) is 2. The number of hydrazine groups is 4. The first kappa shape index (κ1) is 9.25. The van der Waals surface area contributed by atoms with Gasteiger partial charge in [0.1, 0.15) is 0 Å². The first-order chi connectivity index (χ1) is 6.70. The van der Waals surface area contributed by atoms with Crippen LogP contribution >= 0.6 is 15.9 Å². The lowest BCUT2D eigenvalue weighted by Crippen LogP contribution is -2.60. The molecule has 6 nitrogen and oxygen atoms in total. The van der Waals surface area contributed by atoms with Gasteiger partial charge < -0.3 is 5.21 Å². The summed E-state index contributed by atoms with van der Waals surface area (Å²) in [5, 5.41) is 14.0. The zero-order valence-corrected chi connectivity index (χ0v) is 8.65. The van der Waals surface area contributed by atoms with Gasteiger partial charge in [-0.25, -0.2) is 0 Å². The Hall–Kier alpha value is -1.31. The average molecular weight is 258 g/mol. The van der Waals surface area contributed by atoms with Crippen molar-refractivity contribution in [3.05, 3.63) is 38.5 Å². The van der Waals surface area contributed by atoms with Gasteiger partial charge in [0.15, 0.2) is 0 Å². The Labute approximate surface area is 87.9 Å². The molecule has 0 saturated heterocycles. The molecule has 1 aromatic carbocycles. The molecule has 7 heteroatoms. The molecule has 1 aliphatic rings. The maximum Gasteiger partial charge on any atom is 0.253 e. The van der Waals surface area contributed by atoms with Crippen LogP contribution in [0.25, 0.3) is 6.20 Å². The number of hydrogen-bond donors (Lipinski definition) is 3. The summed E-state index contributed by atoms with van der Waals surface area (Å²) in [7, 11) is 0. The molecule has 0 spiro atoms. The standard InChI is InChI=1S/C7H8BrN5O/c8-6-2-1-5-4-12(10-9)11-13(14)7(5)3-6/h1-4,10-11H,9H2. The normalized spacial score (nSPS) is 14.4. The van der Waals surface area contributed by atoms with Crippen molar-refractivity contribution < 1.29 is 0 Å². The van der Waals surface area contributed by atoms with Crippen molar-refractivity contribution in [1.29, 1.82) is 0 Å². The topological polar surface area (TPSA) is 79.4 Å². The fraction of sp³-hybridized carbons (Fsp3) is 0. The van der Waals surface area contributed by atoms with Crippen LogP contribution in [0.5, 0.6) is 0 Å². The number of hydrogen-bond acceptors (Lipinski definition) is 5. The summed E-state index contributed by atoms with van der Waals surface area (Å²) in [4.78, 5) is 0.625. The smallest absolute Gasteiger partial charge is 0.253 e. The maximum atomic E-state index is 11.4. The third-order valence-electron chi connectivity index (χ3n) is 1.82. The second-order valence-electron chi connectivity index (χ2n) is 2.73. The van der Waals surface area contributed by atoms with Gasteiger partial charge in [-0.1, -0.05) is 26.3 Å². The molecule has 0 bridgehead atoms. The predicted octanol–water partition coefficient (Wildman–Crippen LogP) is -1.71. The van der Waals surface area contributed by atoms with Gasteiger partial charge in [0.05, 0.1) is 11.4 Å². The second-order valence-corrected chi connectivity index (χ2v) is 3.64. The highest BCUT2D eigenvalue weighted by molar-refractivity contribution is 9.10. The number of benzene rings is 1. The molecule has 14 heavy (non-hydrogen) atoms. The molecule has 0 aliphatic carbocycles. The number of rotatable bonds is 1. The highest BCUT2D eigenvalue weighted by atomic mass is 79.9. The van der Waals surface area contributed by atoms with Gasteiger partial charge in [-0.15, -0.1) is 5.53 Å². The van der Waals surface area contributed by atoms with Gasteiger partial charge in [0, 0.05) is 10.5 Å². The van der Waals surface area contributed by atoms with Crippen LogP contribution in [0.4, 0.5) is 0 Å². The molecule has 0 amide bonds. The number of nitrogens with two attached hydrogens (primary N) is 1. The third-order valence-corrected chi connectivity index (χ3v) is 2.31. The van der Waals surface area contributed by atoms with E-state index in [4.69, 9.17) is 5.84 Å². The van der Waals surface area contributed by atoms with Gasteiger partial charge in [-0.2, -0.15) is 5.12 Å². The van der Waals surface area contributed by atoms with E-state index in [9.17, 15) is 5.21 Å². The van der Waals surface area contributed by atoms with Crippen molar-refractivity contribution in [3.63, 3.8) is 0 Å². The Morgan fingerprint density at radius 2 is 2.36 bits per heavy atom. The zero-order chi connectivity index (χ0) is 10.1. The van der Waals surface area contributed by atoms with Crippen LogP contribution in [0.1, 0.15) is 0 Å². The first-order valence-corrected chi connectivity index (χ1v) is 4.63. The van der Waals surface area contributed by atoms with Crippen molar-refractivity contribution in [2.24, 2.45) is 5.84 Å². The van der Waals surface area contributed by atoms with E-state index >= 15 is 0 Å². The van der Waals surface area contributed by atoms with E-state index in [-0.39, 0.29) is 0 Å². The SMILES string of the molecule is NNN1C=c2ccc(Br)cc2=[N+]([O-])N1. The van der Waals surface area contributed by atoms with Crippen LogP contribution in [-0.4, -0.2) is 5.12 Å². The first-order valence-electron chi connectivity index (χ1n) is 3.84. The van der Waals surface area contributed by atoms with Crippen LogP contribution in [0.15, 0.2) is 22.7 Å². The third kappa shape index (κ3) is 1.52. The van der Waals surface area contributed by atoms with E-state index < -0.39 is 0 Å². The van der Waals surface area contributed by atoms with E-state index in [1.54, 1.807) is 12.3 Å². The highest BCUT2D eigenvalue weighted by Crippen LogP contribution is 2.01. The van der Waals surface area contributed by atoms with E-state index in [1.165, 1.54) is 5.12 Å². The van der Waals surface area contributed by atoms with Crippen LogP contribution < -0.4 is 32.3 Å². The van der Waals surface area contributed by atoms with Crippen LogP contribution in [0.2, 0.25) is 0 Å². The molecule has 1 aromatic rings. The van der Waals surface area contributed by atoms with E-state index in [2.05, 4.69) is 27.0 Å². The molecule has 4 N–H and O–H groups in total. The Kier molecular flexibility index (Phi) is 2.28. The molecular weight excluding hydrogens is 250 g/mol. The van der Waals surface area contributed by atoms with Gasteiger partial charge in [-0.3, -0.25) is 5.84 Å². The molecule has 0 unspecified atom stereocenters. The lowest BCUT2D eigenvalue weighted by atomic mass is 10.3. The Balaban J connectivity index is 2.67. The number of halogens is 1. The summed E-state index contributed by atoms with van der Waals surface area (Å²) in [6.45, 7) is 0. The number of nitrogens with one attached hydrogen (secondary N) is 2. The van der Waals surface area contributed by atoms with E-state index in [1.807, 2.05) is 12.1 Å². The Morgan fingerprint density at radius 3 is 3.07 bits per heavy atom. The fourth-order valence-electron chi connectivity index (χ4n) is 1.19. The van der Waals surface area contributed by atoms with E-state index in [0.29, 0.717) is 10.2 Å². The molecule has 0 saturated carbocycles. The Bertz CT molecular complexity index is 473. The maximum absolute atomic E-state index is 11.4. The second kappa shape index (κ2) is 3.45. The van der Waals surface area contributed by atoms with Gasteiger partial charge >= 0.3 is 0 Å². The minimum absolute atomic E-state index is 0.533. The minimum Gasteiger partial charge on any atom is -0.594 e. The van der Waals surface area contributed by atoms with Gasteiger partial charge in [0.25, 0.3) is 5.36 Å². The monoisotopic (exact) mass is 257 g/mol. The molecule has 1 aliphatic heterocycles. The quantitative estimate of drug-likeness (QED) is 0.242. The molecule has 0 radical (unpaired) electrons. The largest absolute Gasteiger partial charge is 0.594 e. The lowest BCUT2D eigenvalue weighted by Gasteiger charge is -2.20. The summed E-state index contributed by atoms with van der Waals surface area (Å²) in [6.07, 6.45) is 1.68. The zero-order valence-electron chi connectivity index (χ0n) is 7.07. The molecule has 1 heterocycles. The summed E-state index contributed by atoms with van der Waals surface area (Å²) in [6, 6.07) is 5.39. The van der Waals surface area contributed by atoms with Crippen molar-refractivity contribution in [2.75, 3.05) is 0 Å². The summed E-state index contributed by atoms with van der Waals surface area (Å²) >= 11 is 3.29. The van der Waals surface area contributed by atoms with Crippen molar-refractivity contribution in [1.82, 2.24) is 21.0 Å². The summed E-state index contributed by atoms with van der Waals surface area (Å²) < 4.78 is 0.849. The van der Waals surface area contributed by atoms with Gasteiger partial charge in [0.2, 0.25) is 0 Å². The highest BCUT2D eigenvalue weighted by Gasteiger charge is 2.09. The molecule has 0 aromatic heterocycles. The Morgan fingerprint density at radius 1 is 1.57 bits per heavy atom. The fourth-order valence-corrected chi connectivity index (χ4v) is 1.54. The van der Waals surface area contributed by atoms with Crippen LogP contribution in [-0.2, 0) is 0 Å². The summed E-state index contributed by atoms with van der Waals surface area (Å²) in [5.41, 5.74) is 4.75. The number of fused-ring (bicyclic) bond motifs is 1. The molecule has 2 rings (SSSR count). The van der Waals surface area contributed by atoms with E-state index in [0.717, 1.165) is 9.69 Å². The molecule has 0 fully saturated rings. The van der Waals surface area contributed by atoms with Crippen LogP contribution in [0.3, 0.4) is 0 Å². The minimum atomic E-state index is 0.533. The lowest BCUT2D eigenvalue weighted by molar-refractivity contribution is 0.164. The van der Waals surface area contributed by atoms with Crippen LogP contribution in [0, 0.1) is 5.21 Å². The van der Waals surface area contributed by atoms with Crippen molar-refractivity contribution in [3.8, 4) is 0 Å². The van der Waals surface area contributed by atoms with Crippen molar-refractivity contribution in [2.45, 2.75) is 0 Å². The molecular formula is C7H8BrN5O. The van der Waals surface area contributed by atoms with Crippen molar-refractivity contribution >= 4 is 22.1 Å². The average Bonchev–Trinajstić information content (AvgIpc) is 2.19. The summed E-state index contributed by atoms with van der Waals surface area (Å²) in [5.74, 6) is 5.16. The molecule has 74 valence electrons.